The molecule has 9 heteroatoms. The second kappa shape index (κ2) is 8.19. The number of alkyl halides is 3. The van der Waals surface area contributed by atoms with Crippen LogP contribution in [0.15, 0.2) is 17.3 Å². The van der Waals surface area contributed by atoms with E-state index in [1.54, 1.807) is 11.0 Å². The Morgan fingerprint density at radius 3 is 2.62 bits per heavy atom. The van der Waals surface area contributed by atoms with Crippen LogP contribution in [0.1, 0.15) is 23.2 Å². The number of rotatable bonds is 6. The summed E-state index contributed by atoms with van der Waals surface area (Å²) in [4.78, 5) is 12.1. The molecule has 0 aliphatic carbocycles. The summed E-state index contributed by atoms with van der Waals surface area (Å²) >= 11 is 0. The van der Waals surface area contributed by atoms with E-state index in [-0.39, 0.29) is 17.1 Å². The highest BCUT2D eigenvalue weighted by Crippen LogP contribution is 2.37. The lowest BCUT2D eigenvalue weighted by molar-refractivity contribution is -0.137. The number of halogens is 3. The quantitative estimate of drug-likeness (QED) is 0.780. The second-order valence-corrected chi connectivity index (χ2v) is 6.16. The summed E-state index contributed by atoms with van der Waals surface area (Å²) in [7, 11) is 3.79. The van der Waals surface area contributed by atoms with Crippen molar-refractivity contribution in [3.05, 3.63) is 29.1 Å². The molecular weight excluding hydrogens is 345 g/mol. The number of nitrogens with zero attached hydrogens (tertiary/aromatic N) is 5. The largest absolute Gasteiger partial charge is 0.417 e. The van der Waals surface area contributed by atoms with Crippen LogP contribution in [0.3, 0.4) is 0 Å². The summed E-state index contributed by atoms with van der Waals surface area (Å²) in [5.74, 6) is 0.0459. The number of anilines is 1. The Morgan fingerprint density at radius 1 is 1.46 bits per heavy atom. The normalized spacial score (nSPS) is 15.4. The van der Waals surface area contributed by atoms with E-state index in [9.17, 15) is 18.4 Å². The van der Waals surface area contributed by atoms with Gasteiger partial charge in [-0.1, -0.05) is 0 Å². The Morgan fingerprint density at radius 2 is 2.15 bits per heavy atom. The molecule has 0 unspecified atom stereocenters. The molecule has 1 fully saturated rings. The number of nitrogens with two attached hydrogens (primary N) is 1. The molecule has 2 N–H and O–H groups in total. The molecule has 1 aliphatic heterocycles. The summed E-state index contributed by atoms with van der Waals surface area (Å²) in [5.41, 5.74) is 4.45. The van der Waals surface area contributed by atoms with Gasteiger partial charge in [-0.3, -0.25) is 4.99 Å². The SMILES string of the molecule is CN(C)CCN=CC(=CN)c1cc(C(F)(F)F)c(C#N)c(N2CCC2)n1. The molecule has 2 heterocycles. The third-order valence-electron chi connectivity index (χ3n) is 3.96. The van der Waals surface area contributed by atoms with Crippen LogP contribution in [0.4, 0.5) is 19.0 Å². The van der Waals surface area contributed by atoms with Crippen molar-refractivity contribution < 1.29 is 13.2 Å². The Hall–Kier alpha value is -2.60. The number of hydrogen-bond acceptors (Lipinski definition) is 6. The minimum atomic E-state index is -4.66. The molecule has 0 bridgehead atoms. The van der Waals surface area contributed by atoms with Gasteiger partial charge in [-0.05, 0) is 26.6 Å². The number of aliphatic imine (C=N–C) groups is 1. The second-order valence-electron chi connectivity index (χ2n) is 6.16. The Labute approximate surface area is 150 Å². The van der Waals surface area contributed by atoms with Crippen LogP contribution in [0.2, 0.25) is 0 Å². The molecule has 0 saturated carbocycles. The lowest BCUT2D eigenvalue weighted by Crippen LogP contribution is -2.38. The molecule has 26 heavy (non-hydrogen) atoms. The van der Waals surface area contributed by atoms with E-state index in [0.717, 1.165) is 12.5 Å². The van der Waals surface area contributed by atoms with Crippen LogP contribution in [-0.4, -0.2) is 56.4 Å². The first kappa shape index (κ1) is 19.7. The summed E-state index contributed by atoms with van der Waals surface area (Å²) in [5, 5.41) is 9.26. The highest BCUT2D eigenvalue weighted by molar-refractivity contribution is 6.09. The highest BCUT2D eigenvalue weighted by atomic mass is 19.4. The van der Waals surface area contributed by atoms with E-state index in [0.29, 0.717) is 26.2 Å². The Kier molecular flexibility index (Phi) is 6.21. The van der Waals surface area contributed by atoms with Crippen molar-refractivity contribution in [1.29, 1.82) is 5.26 Å². The first-order valence-electron chi connectivity index (χ1n) is 8.12. The van der Waals surface area contributed by atoms with Crippen molar-refractivity contribution in [2.45, 2.75) is 12.6 Å². The molecule has 1 aromatic heterocycles. The maximum absolute atomic E-state index is 13.5. The van der Waals surface area contributed by atoms with E-state index in [2.05, 4.69) is 9.98 Å². The van der Waals surface area contributed by atoms with E-state index in [1.165, 1.54) is 12.4 Å². The molecule has 1 saturated heterocycles. The summed E-state index contributed by atoms with van der Waals surface area (Å²) in [6.45, 7) is 2.32. The van der Waals surface area contributed by atoms with Gasteiger partial charge in [0.2, 0.25) is 0 Å². The highest BCUT2D eigenvalue weighted by Gasteiger charge is 2.37. The first-order valence-corrected chi connectivity index (χ1v) is 8.12. The van der Waals surface area contributed by atoms with Gasteiger partial charge in [0.05, 0.1) is 17.8 Å². The van der Waals surface area contributed by atoms with Gasteiger partial charge in [0.1, 0.15) is 17.5 Å². The molecule has 0 amide bonds. The standard InChI is InChI=1S/C17H21F3N6/c1-25(2)7-4-23-11-12(9-21)15-8-14(17(18,19)20)13(10-22)16(24-15)26-5-3-6-26/h8-9,11H,3-7,21H2,1-2H3. The van der Waals surface area contributed by atoms with E-state index in [4.69, 9.17) is 5.73 Å². The maximum atomic E-state index is 13.5. The van der Waals surface area contributed by atoms with Crippen LogP contribution in [0.25, 0.3) is 5.57 Å². The van der Waals surface area contributed by atoms with Gasteiger partial charge in [-0.15, -0.1) is 0 Å². The van der Waals surface area contributed by atoms with Crippen LogP contribution in [0.5, 0.6) is 0 Å². The lowest BCUT2D eigenvalue weighted by Gasteiger charge is -2.33. The number of likely N-dealkylation sites (N-methyl/N-ethyl adjacent to an activating group) is 1. The molecule has 1 aromatic rings. The van der Waals surface area contributed by atoms with Crippen LogP contribution < -0.4 is 10.6 Å². The zero-order valence-corrected chi connectivity index (χ0v) is 14.7. The van der Waals surface area contributed by atoms with Crippen LogP contribution >= 0.6 is 0 Å². The smallest absolute Gasteiger partial charge is 0.404 e. The first-order chi connectivity index (χ1) is 12.3. The number of pyridine rings is 1. The van der Waals surface area contributed by atoms with Crippen molar-refractivity contribution in [3.8, 4) is 6.07 Å². The van der Waals surface area contributed by atoms with E-state index in [1.807, 2.05) is 19.0 Å². The van der Waals surface area contributed by atoms with Gasteiger partial charge in [0, 0.05) is 37.6 Å². The topological polar surface area (TPSA) is 81.5 Å². The average Bonchev–Trinajstić information content (AvgIpc) is 2.51. The number of hydrogen-bond donors (Lipinski definition) is 1. The molecule has 0 spiro atoms. The van der Waals surface area contributed by atoms with Gasteiger partial charge in [0.15, 0.2) is 0 Å². The zero-order valence-electron chi connectivity index (χ0n) is 14.7. The molecule has 2 rings (SSSR count). The predicted molar refractivity (Wildman–Crippen MR) is 94.9 cm³/mol. The van der Waals surface area contributed by atoms with Crippen molar-refractivity contribution in [2.24, 2.45) is 10.7 Å². The fourth-order valence-corrected chi connectivity index (χ4v) is 2.39. The van der Waals surface area contributed by atoms with E-state index < -0.39 is 17.3 Å². The van der Waals surface area contributed by atoms with Crippen LogP contribution in [0, 0.1) is 11.3 Å². The van der Waals surface area contributed by atoms with Crippen molar-refractivity contribution in [1.82, 2.24) is 9.88 Å². The lowest BCUT2D eigenvalue weighted by atomic mass is 10.0. The molecule has 1 aliphatic rings. The van der Waals surface area contributed by atoms with Gasteiger partial charge in [0.25, 0.3) is 0 Å². The van der Waals surface area contributed by atoms with Gasteiger partial charge in [-0.25, -0.2) is 4.98 Å². The fraction of sp³-hybridized carbons (Fsp3) is 0.471. The number of allylic oxidation sites excluding steroid dienone is 1. The molecule has 0 atom stereocenters. The average molecular weight is 366 g/mol. The van der Waals surface area contributed by atoms with Crippen LogP contribution in [-0.2, 0) is 6.18 Å². The van der Waals surface area contributed by atoms with Gasteiger partial charge in [-0.2, -0.15) is 18.4 Å². The summed E-state index contributed by atoms with van der Waals surface area (Å²) in [6.07, 6.45) is -1.22. The van der Waals surface area contributed by atoms with Gasteiger partial charge < -0.3 is 15.5 Å². The minimum absolute atomic E-state index is 0.0459. The third kappa shape index (κ3) is 4.52. The number of nitriles is 1. The van der Waals surface area contributed by atoms with E-state index >= 15 is 0 Å². The third-order valence-corrected chi connectivity index (χ3v) is 3.96. The fourth-order valence-electron chi connectivity index (χ4n) is 2.39. The number of aromatic nitrogens is 1. The molecule has 0 radical (unpaired) electrons. The monoisotopic (exact) mass is 366 g/mol. The van der Waals surface area contributed by atoms with Crippen molar-refractivity contribution in [3.63, 3.8) is 0 Å². The molecule has 140 valence electrons. The zero-order chi connectivity index (χ0) is 19.3. The molecular formula is C17H21F3N6. The summed E-state index contributed by atoms with van der Waals surface area (Å²) in [6, 6.07) is 2.51. The van der Waals surface area contributed by atoms with Crippen molar-refractivity contribution in [2.75, 3.05) is 45.2 Å². The Balaban J connectivity index is 2.46. The Bertz CT molecular complexity index is 742. The molecule has 6 nitrogen and oxygen atoms in total. The van der Waals surface area contributed by atoms with Crippen molar-refractivity contribution >= 4 is 17.6 Å². The maximum Gasteiger partial charge on any atom is 0.417 e. The minimum Gasteiger partial charge on any atom is -0.404 e. The van der Waals surface area contributed by atoms with Gasteiger partial charge >= 0.3 is 6.18 Å². The summed E-state index contributed by atoms with van der Waals surface area (Å²) < 4.78 is 40.4. The predicted octanol–water partition coefficient (Wildman–Crippen LogP) is 2.11. The molecule has 0 aromatic carbocycles.